The zero-order valence-electron chi connectivity index (χ0n) is 21.2. The van der Waals surface area contributed by atoms with E-state index in [9.17, 15) is 9.59 Å². The summed E-state index contributed by atoms with van der Waals surface area (Å²) in [6.07, 6.45) is 8.63. The van der Waals surface area contributed by atoms with Gasteiger partial charge in [-0.15, -0.1) is 0 Å². The molecule has 2 aliphatic carbocycles. The summed E-state index contributed by atoms with van der Waals surface area (Å²) in [4.78, 5) is 37.3. The molecule has 1 aromatic carbocycles. The molecule has 11 heteroatoms. The van der Waals surface area contributed by atoms with Gasteiger partial charge in [0.15, 0.2) is 11.5 Å². The lowest BCUT2D eigenvalue weighted by molar-refractivity contribution is -0.125. The Labute approximate surface area is 219 Å². The van der Waals surface area contributed by atoms with E-state index in [-0.39, 0.29) is 37.3 Å². The summed E-state index contributed by atoms with van der Waals surface area (Å²) in [6.45, 7) is 0.817. The zero-order chi connectivity index (χ0) is 26.1. The fraction of sp³-hybridized carbons (Fsp3) is 0.481. The molecule has 38 heavy (non-hydrogen) atoms. The highest BCUT2D eigenvalue weighted by Gasteiger charge is 2.30. The van der Waals surface area contributed by atoms with Crippen LogP contribution >= 0.6 is 0 Å². The Morgan fingerprint density at radius 1 is 1.05 bits per heavy atom. The van der Waals surface area contributed by atoms with Crippen molar-refractivity contribution < 1.29 is 28.5 Å². The molecule has 2 aromatic heterocycles. The van der Waals surface area contributed by atoms with Crippen LogP contribution in [0.15, 0.2) is 24.7 Å². The van der Waals surface area contributed by atoms with Gasteiger partial charge in [0.2, 0.25) is 12.7 Å². The molecule has 0 unspecified atom stereocenters. The molecule has 0 saturated heterocycles. The smallest absolute Gasteiger partial charge is 0.255 e. The number of amides is 2. The molecule has 6 rings (SSSR count). The van der Waals surface area contributed by atoms with Crippen LogP contribution in [-0.2, 0) is 9.53 Å². The minimum atomic E-state index is -0.198. The molecule has 0 bridgehead atoms. The van der Waals surface area contributed by atoms with Crippen molar-refractivity contribution >= 4 is 22.8 Å². The van der Waals surface area contributed by atoms with Crippen LogP contribution in [0.25, 0.3) is 22.3 Å². The number of carbonyl (C=O) groups is 2. The fourth-order valence-corrected chi connectivity index (χ4v) is 5.14. The van der Waals surface area contributed by atoms with E-state index in [1.54, 1.807) is 6.20 Å². The molecule has 2 amide bonds. The van der Waals surface area contributed by atoms with E-state index in [2.05, 4.69) is 25.6 Å². The molecular formula is C27H31N5O6. The third-order valence-corrected chi connectivity index (χ3v) is 7.32. The van der Waals surface area contributed by atoms with Crippen LogP contribution in [0.5, 0.6) is 17.2 Å². The first-order valence-corrected chi connectivity index (χ1v) is 13.1. The fourth-order valence-electron chi connectivity index (χ4n) is 5.14. The van der Waals surface area contributed by atoms with Crippen molar-refractivity contribution in [2.75, 3.05) is 27.1 Å². The molecule has 3 aromatic rings. The van der Waals surface area contributed by atoms with Gasteiger partial charge in [-0.3, -0.25) is 9.59 Å². The Bertz CT molecular complexity index is 1350. The Morgan fingerprint density at radius 3 is 2.61 bits per heavy atom. The quantitative estimate of drug-likeness (QED) is 0.391. The highest BCUT2D eigenvalue weighted by atomic mass is 16.7. The molecule has 0 spiro atoms. The predicted molar refractivity (Wildman–Crippen MR) is 137 cm³/mol. The maximum atomic E-state index is 13.3. The predicted octanol–water partition coefficient (Wildman–Crippen LogP) is 2.95. The van der Waals surface area contributed by atoms with Crippen molar-refractivity contribution in [3.05, 3.63) is 30.2 Å². The van der Waals surface area contributed by atoms with Crippen LogP contribution in [0, 0.1) is 5.92 Å². The molecule has 3 N–H and O–H groups in total. The Hall–Kier alpha value is -3.86. The van der Waals surface area contributed by atoms with Gasteiger partial charge < -0.3 is 34.6 Å². The van der Waals surface area contributed by atoms with Crippen molar-refractivity contribution in [1.29, 1.82) is 0 Å². The van der Waals surface area contributed by atoms with Crippen LogP contribution in [0.4, 0.5) is 0 Å². The number of nitrogens with one attached hydrogen (secondary N) is 3. The van der Waals surface area contributed by atoms with Gasteiger partial charge in [-0.25, -0.2) is 9.97 Å². The van der Waals surface area contributed by atoms with Gasteiger partial charge in [0.25, 0.3) is 5.91 Å². The highest BCUT2D eigenvalue weighted by molar-refractivity contribution is 6.08. The van der Waals surface area contributed by atoms with Crippen molar-refractivity contribution in [1.82, 2.24) is 25.6 Å². The zero-order valence-corrected chi connectivity index (χ0v) is 21.2. The first-order chi connectivity index (χ1) is 18.6. The number of aromatic nitrogens is 3. The van der Waals surface area contributed by atoms with Gasteiger partial charge in [-0.05, 0) is 56.6 Å². The van der Waals surface area contributed by atoms with Crippen molar-refractivity contribution in [2.24, 2.45) is 5.92 Å². The summed E-state index contributed by atoms with van der Waals surface area (Å²) >= 11 is 0. The van der Waals surface area contributed by atoms with E-state index in [1.807, 2.05) is 12.1 Å². The van der Waals surface area contributed by atoms with Crippen LogP contribution in [0.2, 0.25) is 0 Å². The lowest BCUT2D eigenvalue weighted by atomic mass is 9.91. The van der Waals surface area contributed by atoms with Gasteiger partial charge in [0.05, 0.1) is 23.3 Å². The maximum Gasteiger partial charge on any atom is 0.255 e. The second-order valence-electron chi connectivity index (χ2n) is 10.1. The van der Waals surface area contributed by atoms with Crippen molar-refractivity contribution in [3.63, 3.8) is 0 Å². The molecule has 0 atom stereocenters. The molecule has 3 heterocycles. The molecule has 11 nitrogen and oxygen atoms in total. The number of benzene rings is 1. The molecule has 0 radical (unpaired) electrons. The number of methoxy groups -OCH3 is 1. The summed E-state index contributed by atoms with van der Waals surface area (Å²) in [5.74, 6) is 2.14. The second kappa shape index (κ2) is 10.5. The minimum Gasteiger partial charge on any atom is -0.492 e. The molecule has 200 valence electrons. The second-order valence-corrected chi connectivity index (χ2v) is 10.1. The average Bonchev–Trinajstić information content (AvgIpc) is 3.44. The standard InChI is InChI=1S/C27H31N5O6/c1-35-12-21(33)31-16-4-6-17(7-5-16)32-27(34)18-10-28-25-23(18)29-13-30-24(25)22-19(36-11-15-2-3-15)8-9-20-26(22)38-14-37-20/h8-10,13,15-17,28H,2-7,11-12,14H2,1H3,(H,31,33)(H,32,34)/t16-,17-. The van der Waals surface area contributed by atoms with Crippen LogP contribution in [0.3, 0.4) is 0 Å². The average molecular weight is 522 g/mol. The summed E-state index contributed by atoms with van der Waals surface area (Å²) in [5.41, 5.74) is 2.88. The summed E-state index contributed by atoms with van der Waals surface area (Å²) in [6, 6.07) is 3.85. The van der Waals surface area contributed by atoms with Gasteiger partial charge in [-0.2, -0.15) is 0 Å². The maximum absolute atomic E-state index is 13.3. The lowest BCUT2D eigenvalue weighted by Crippen LogP contribution is -2.44. The van der Waals surface area contributed by atoms with Gasteiger partial charge in [0, 0.05) is 25.4 Å². The summed E-state index contributed by atoms with van der Waals surface area (Å²) in [7, 11) is 1.50. The summed E-state index contributed by atoms with van der Waals surface area (Å²) in [5, 5.41) is 6.12. The third-order valence-electron chi connectivity index (χ3n) is 7.32. The van der Waals surface area contributed by atoms with E-state index in [4.69, 9.17) is 18.9 Å². The number of fused-ring (bicyclic) bond motifs is 2. The number of carbonyl (C=O) groups excluding carboxylic acids is 2. The Morgan fingerprint density at radius 2 is 1.84 bits per heavy atom. The number of H-pyrrole nitrogens is 1. The van der Waals surface area contributed by atoms with Crippen LogP contribution in [-0.4, -0.2) is 66.0 Å². The SMILES string of the molecule is COCC(=O)N[C@H]1CC[C@H](NC(=O)c2c[nH]c3c(-c4c(OCC5CC5)ccc5c4OCO5)ncnc23)CC1. The molecule has 2 saturated carbocycles. The molecule has 2 fully saturated rings. The van der Waals surface area contributed by atoms with Gasteiger partial charge in [-0.1, -0.05) is 0 Å². The summed E-state index contributed by atoms with van der Waals surface area (Å²) < 4.78 is 22.5. The van der Waals surface area contributed by atoms with Crippen LogP contribution in [0.1, 0.15) is 48.9 Å². The lowest BCUT2D eigenvalue weighted by Gasteiger charge is -2.29. The van der Waals surface area contributed by atoms with Gasteiger partial charge >= 0.3 is 0 Å². The first kappa shape index (κ1) is 24.5. The van der Waals surface area contributed by atoms with Gasteiger partial charge in [0.1, 0.15) is 29.9 Å². The van der Waals surface area contributed by atoms with E-state index in [1.165, 1.54) is 26.3 Å². The number of aromatic amines is 1. The van der Waals surface area contributed by atoms with E-state index >= 15 is 0 Å². The first-order valence-electron chi connectivity index (χ1n) is 13.1. The largest absolute Gasteiger partial charge is 0.492 e. The number of hydrogen-bond acceptors (Lipinski definition) is 8. The molecular weight excluding hydrogens is 490 g/mol. The number of nitrogens with zero attached hydrogens (tertiary/aromatic N) is 2. The number of ether oxygens (including phenoxy) is 4. The normalized spacial score (nSPS) is 20.3. The Kier molecular flexibility index (Phi) is 6.75. The third kappa shape index (κ3) is 4.98. The van der Waals surface area contributed by atoms with E-state index in [0.29, 0.717) is 57.6 Å². The number of hydrogen-bond donors (Lipinski definition) is 3. The highest BCUT2D eigenvalue weighted by Crippen LogP contribution is 2.48. The van der Waals surface area contributed by atoms with Crippen LogP contribution < -0.4 is 24.8 Å². The molecule has 1 aliphatic heterocycles. The van der Waals surface area contributed by atoms with E-state index < -0.39 is 0 Å². The van der Waals surface area contributed by atoms with Crippen molar-refractivity contribution in [3.8, 4) is 28.5 Å². The minimum absolute atomic E-state index is 0.0229. The molecule has 3 aliphatic rings. The number of rotatable bonds is 9. The van der Waals surface area contributed by atoms with Crippen molar-refractivity contribution in [2.45, 2.75) is 50.6 Å². The monoisotopic (exact) mass is 521 g/mol. The van der Waals surface area contributed by atoms with E-state index in [0.717, 1.165) is 25.7 Å². The topological polar surface area (TPSA) is 137 Å². The Balaban J connectivity index is 1.21.